The molecule has 33 heavy (non-hydrogen) atoms. The highest BCUT2D eigenvalue weighted by Crippen LogP contribution is 2.15. The van der Waals surface area contributed by atoms with Crippen molar-refractivity contribution in [1.29, 1.82) is 0 Å². The number of hydrogen-bond acceptors (Lipinski definition) is 3. The summed E-state index contributed by atoms with van der Waals surface area (Å²) in [6.45, 7) is 6.82. The molecule has 2 N–H and O–H groups in total. The van der Waals surface area contributed by atoms with Crippen LogP contribution in [0.2, 0.25) is 0 Å². The minimum Gasteiger partial charge on any atom is -0.357 e. The van der Waals surface area contributed by atoms with E-state index in [0.29, 0.717) is 13.0 Å². The Balaban J connectivity index is 0.00000306. The first-order chi connectivity index (χ1) is 15.7. The number of likely N-dealkylation sites (tertiary alicyclic amines) is 1. The molecule has 0 atom stereocenters. The quantitative estimate of drug-likeness (QED) is 0.181. The van der Waals surface area contributed by atoms with E-state index in [2.05, 4.69) is 57.4 Å². The number of nitrogens with one attached hydrogen (secondary N) is 2. The van der Waals surface area contributed by atoms with Gasteiger partial charge in [-0.05, 0) is 43.0 Å². The maximum Gasteiger partial charge on any atom is 0.222 e. The van der Waals surface area contributed by atoms with Gasteiger partial charge in [0.2, 0.25) is 5.91 Å². The molecule has 1 aliphatic heterocycles. The van der Waals surface area contributed by atoms with E-state index in [1.54, 1.807) is 0 Å². The topological polar surface area (TPSA) is 74.6 Å². The minimum absolute atomic E-state index is 0. The summed E-state index contributed by atoms with van der Waals surface area (Å²) in [5.74, 6) is 1.10. The van der Waals surface area contributed by atoms with Crippen LogP contribution >= 0.6 is 24.0 Å². The van der Waals surface area contributed by atoms with Crippen LogP contribution in [-0.2, 0) is 17.9 Å². The minimum atomic E-state index is 0. The van der Waals surface area contributed by atoms with E-state index in [0.717, 1.165) is 62.6 Å². The van der Waals surface area contributed by atoms with Crippen LogP contribution in [0.5, 0.6) is 0 Å². The SMILES string of the molecule is CCNC(=NCc1ccc(Cn2cnc3ccccc32)cc1)NCCCN1CCCC1=O.I. The Labute approximate surface area is 212 Å². The van der Waals surface area contributed by atoms with Crippen molar-refractivity contribution >= 4 is 46.9 Å². The van der Waals surface area contributed by atoms with Gasteiger partial charge in [0.15, 0.2) is 5.96 Å². The molecule has 4 rings (SSSR count). The smallest absolute Gasteiger partial charge is 0.222 e. The molecular formula is C25H33IN6O. The third kappa shape index (κ3) is 6.93. The molecule has 3 aromatic rings. The van der Waals surface area contributed by atoms with E-state index < -0.39 is 0 Å². The summed E-state index contributed by atoms with van der Waals surface area (Å²) in [4.78, 5) is 22.8. The number of guanidine groups is 1. The maximum atomic E-state index is 11.7. The number of fused-ring (bicyclic) bond motifs is 1. The van der Waals surface area contributed by atoms with E-state index >= 15 is 0 Å². The number of benzene rings is 2. The van der Waals surface area contributed by atoms with Crippen LogP contribution in [0.25, 0.3) is 11.0 Å². The Kier molecular flexibility index (Phi) is 9.53. The van der Waals surface area contributed by atoms with Crippen LogP contribution in [0, 0.1) is 0 Å². The van der Waals surface area contributed by atoms with Gasteiger partial charge >= 0.3 is 0 Å². The van der Waals surface area contributed by atoms with Gasteiger partial charge in [0.25, 0.3) is 0 Å². The predicted molar refractivity (Wildman–Crippen MR) is 144 cm³/mol. The molecule has 1 fully saturated rings. The zero-order valence-electron chi connectivity index (χ0n) is 19.2. The van der Waals surface area contributed by atoms with E-state index in [4.69, 9.17) is 4.99 Å². The number of amides is 1. The summed E-state index contributed by atoms with van der Waals surface area (Å²) < 4.78 is 2.17. The van der Waals surface area contributed by atoms with Gasteiger partial charge in [-0.25, -0.2) is 9.98 Å². The van der Waals surface area contributed by atoms with E-state index in [9.17, 15) is 4.79 Å². The van der Waals surface area contributed by atoms with Crippen molar-refractivity contribution in [1.82, 2.24) is 25.1 Å². The molecule has 2 heterocycles. The Hall–Kier alpha value is -2.62. The summed E-state index contributed by atoms with van der Waals surface area (Å²) in [5, 5.41) is 6.67. The van der Waals surface area contributed by atoms with Crippen LogP contribution < -0.4 is 10.6 Å². The Morgan fingerprint density at radius 3 is 2.64 bits per heavy atom. The second-order valence-corrected chi connectivity index (χ2v) is 8.14. The second kappa shape index (κ2) is 12.6. The molecule has 7 nitrogen and oxygen atoms in total. The predicted octanol–water partition coefficient (Wildman–Crippen LogP) is 3.77. The average Bonchev–Trinajstić information content (AvgIpc) is 3.42. The van der Waals surface area contributed by atoms with Gasteiger partial charge in [-0.3, -0.25) is 4.79 Å². The fourth-order valence-corrected chi connectivity index (χ4v) is 4.01. The number of carbonyl (C=O) groups excluding carboxylic acids is 1. The Bertz CT molecular complexity index is 1060. The van der Waals surface area contributed by atoms with Crippen molar-refractivity contribution in [3.63, 3.8) is 0 Å². The van der Waals surface area contributed by atoms with Crippen molar-refractivity contribution in [2.24, 2.45) is 4.99 Å². The van der Waals surface area contributed by atoms with E-state index in [1.165, 1.54) is 11.1 Å². The second-order valence-electron chi connectivity index (χ2n) is 8.14. The fourth-order valence-electron chi connectivity index (χ4n) is 4.01. The largest absolute Gasteiger partial charge is 0.357 e. The molecular weight excluding hydrogens is 527 g/mol. The standard InChI is InChI=1S/C25H32N6O.HI/c1-2-26-25(27-14-6-16-30-15-5-9-24(30)32)28-17-20-10-12-21(13-11-20)18-31-19-29-22-7-3-4-8-23(22)31;/h3-4,7-8,10-13,19H,2,5-6,9,14-18H2,1H3,(H2,26,27,28);1H. The first-order valence-corrected chi connectivity index (χ1v) is 11.5. The number of halogens is 1. The normalized spacial score (nSPS) is 13.9. The lowest BCUT2D eigenvalue weighted by atomic mass is 10.1. The molecule has 0 bridgehead atoms. The molecule has 176 valence electrons. The van der Waals surface area contributed by atoms with Gasteiger partial charge in [-0.15, -0.1) is 24.0 Å². The molecule has 8 heteroatoms. The van der Waals surface area contributed by atoms with Crippen LogP contribution in [0.4, 0.5) is 0 Å². The number of imidazole rings is 1. The van der Waals surface area contributed by atoms with Crippen LogP contribution in [0.1, 0.15) is 37.3 Å². The highest BCUT2D eigenvalue weighted by molar-refractivity contribution is 14.0. The van der Waals surface area contributed by atoms with Gasteiger partial charge < -0.3 is 20.1 Å². The van der Waals surface area contributed by atoms with Gasteiger partial charge in [0, 0.05) is 39.1 Å². The first-order valence-electron chi connectivity index (χ1n) is 11.5. The average molecular weight is 560 g/mol. The summed E-state index contributed by atoms with van der Waals surface area (Å²) in [6, 6.07) is 16.8. The zero-order chi connectivity index (χ0) is 22.2. The molecule has 1 aromatic heterocycles. The molecule has 1 amide bonds. The number of rotatable bonds is 9. The van der Waals surface area contributed by atoms with Crippen LogP contribution in [0.3, 0.4) is 0 Å². The third-order valence-electron chi connectivity index (χ3n) is 5.74. The van der Waals surface area contributed by atoms with Gasteiger partial charge in [0.1, 0.15) is 0 Å². The van der Waals surface area contributed by atoms with Crippen LogP contribution in [-0.4, -0.2) is 52.5 Å². The summed E-state index contributed by atoms with van der Waals surface area (Å²) in [6.07, 6.45) is 4.52. The summed E-state index contributed by atoms with van der Waals surface area (Å²) >= 11 is 0. The summed E-state index contributed by atoms with van der Waals surface area (Å²) in [7, 11) is 0. The van der Waals surface area contributed by atoms with Gasteiger partial charge in [-0.2, -0.15) is 0 Å². The monoisotopic (exact) mass is 560 g/mol. The van der Waals surface area contributed by atoms with Gasteiger partial charge in [0.05, 0.1) is 23.9 Å². The molecule has 0 saturated carbocycles. The van der Waals surface area contributed by atoms with E-state index in [-0.39, 0.29) is 29.9 Å². The molecule has 2 aromatic carbocycles. The highest BCUT2D eigenvalue weighted by Gasteiger charge is 2.18. The van der Waals surface area contributed by atoms with Crippen LogP contribution in [0.15, 0.2) is 59.9 Å². The van der Waals surface area contributed by atoms with Crippen molar-refractivity contribution in [3.8, 4) is 0 Å². The first kappa shape index (κ1) is 25.0. The zero-order valence-corrected chi connectivity index (χ0v) is 21.5. The van der Waals surface area contributed by atoms with Gasteiger partial charge in [-0.1, -0.05) is 36.4 Å². The van der Waals surface area contributed by atoms with Crippen molar-refractivity contribution < 1.29 is 4.79 Å². The number of hydrogen-bond donors (Lipinski definition) is 2. The number of nitrogens with zero attached hydrogens (tertiary/aromatic N) is 4. The molecule has 0 spiro atoms. The number of aromatic nitrogens is 2. The lowest BCUT2D eigenvalue weighted by Gasteiger charge is -2.16. The number of aliphatic imine (C=N–C) groups is 1. The lowest BCUT2D eigenvalue weighted by molar-refractivity contribution is -0.127. The van der Waals surface area contributed by atoms with Crippen molar-refractivity contribution in [3.05, 3.63) is 66.0 Å². The Morgan fingerprint density at radius 2 is 1.88 bits per heavy atom. The lowest BCUT2D eigenvalue weighted by Crippen LogP contribution is -2.39. The molecule has 1 aliphatic rings. The molecule has 0 aliphatic carbocycles. The van der Waals surface area contributed by atoms with E-state index in [1.807, 2.05) is 29.4 Å². The third-order valence-corrected chi connectivity index (χ3v) is 5.74. The van der Waals surface area contributed by atoms with Crippen molar-refractivity contribution in [2.45, 2.75) is 39.3 Å². The number of carbonyl (C=O) groups is 1. The molecule has 1 saturated heterocycles. The highest BCUT2D eigenvalue weighted by atomic mass is 127. The maximum absolute atomic E-state index is 11.7. The molecule has 0 unspecified atom stereocenters. The number of para-hydroxylation sites is 2. The summed E-state index contributed by atoms with van der Waals surface area (Å²) in [5.41, 5.74) is 4.58. The van der Waals surface area contributed by atoms with Crippen molar-refractivity contribution in [2.75, 3.05) is 26.2 Å². The Morgan fingerprint density at radius 1 is 1.09 bits per heavy atom. The fraction of sp³-hybridized carbons (Fsp3) is 0.400. The molecule has 0 radical (unpaired) electrons.